The number of carbonyl (C=O) groups is 1. The number of rotatable bonds is 5. The minimum absolute atomic E-state index is 0.0654. The number of amides is 1. The lowest BCUT2D eigenvalue weighted by Gasteiger charge is -2.21. The third-order valence-electron chi connectivity index (χ3n) is 4.40. The van der Waals surface area contributed by atoms with Crippen LogP contribution in [0.4, 0.5) is 0 Å². The van der Waals surface area contributed by atoms with Gasteiger partial charge in [-0.15, -0.1) is 0 Å². The maximum absolute atomic E-state index is 12.1. The molecule has 1 aliphatic rings. The van der Waals surface area contributed by atoms with Gasteiger partial charge in [-0.3, -0.25) is 14.4 Å². The lowest BCUT2D eigenvalue weighted by atomic mass is 10.1. The topological polar surface area (TPSA) is 75.9 Å². The third kappa shape index (κ3) is 3.79. The van der Waals surface area contributed by atoms with Gasteiger partial charge in [0.25, 0.3) is 0 Å². The van der Waals surface area contributed by atoms with E-state index >= 15 is 0 Å². The first-order valence-corrected chi connectivity index (χ1v) is 8.31. The average molecular weight is 328 g/mol. The summed E-state index contributed by atoms with van der Waals surface area (Å²) in [5.74, 6) is 0.705. The minimum atomic E-state index is -0.0654. The van der Waals surface area contributed by atoms with Crippen molar-refractivity contribution < 1.29 is 4.79 Å². The third-order valence-corrected chi connectivity index (χ3v) is 4.40. The Bertz CT molecular complexity index is 726. The van der Waals surface area contributed by atoms with E-state index in [1.807, 2.05) is 26.2 Å². The maximum Gasteiger partial charge on any atom is 0.241 e. The number of nitrogens with one attached hydrogen (secondary N) is 1. The summed E-state index contributed by atoms with van der Waals surface area (Å²) in [6.07, 6.45) is 7.71. The number of aromatic nitrogens is 4. The van der Waals surface area contributed by atoms with Crippen molar-refractivity contribution in [2.24, 2.45) is 0 Å². The van der Waals surface area contributed by atoms with E-state index in [9.17, 15) is 4.79 Å². The van der Waals surface area contributed by atoms with Crippen molar-refractivity contribution in [2.45, 2.75) is 45.8 Å². The van der Waals surface area contributed by atoms with Crippen LogP contribution in [0.15, 0.2) is 18.6 Å². The van der Waals surface area contributed by atoms with Crippen molar-refractivity contribution in [3.8, 4) is 0 Å². The van der Waals surface area contributed by atoms with Gasteiger partial charge in [0, 0.05) is 24.5 Å². The predicted octanol–water partition coefficient (Wildman–Crippen LogP) is 1.37. The van der Waals surface area contributed by atoms with E-state index in [2.05, 4.69) is 32.3 Å². The van der Waals surface area contributed by atoms with E-state index in [0.717, 1.165) is 35.6 Å². The number of hydrogen-bond acceptors (Lipinski definition) is 5. The lowest BCUT2D eigenvalue weighted by Crippen LogP contribution is -2.29. The Morgan fingerprint density at radius 2 is 2.21 bits per heavy atom. The number of likely N-dealkylation sites (tertiary alicyclic amines) is 1. The van der Waals surface area contributed by atoms with Crippen LogP contribution in [-0.2, 0) is 17.9 Å². The summed E-state index contributed by atoms with van der Waals surface area (Å²) < 4.78 is 1.64. The van der Waals surface area contributed by atoms with Crippen LogP contribution in [0.3, 0.4) is 0 Å². The minimum Gasteiger partial charge on any atom is -0.350 e. The molecule has 2 aromatic heterocycles. The molecule has 1 fully saturated rings. The van der Waals surface area contributed by atoms with Crippen molar-refractivity contribution >= 4 is 5.91 Å². The van der Waals surface area contributed by atoms with Gasteiger partial charge in [-0.25, -0.2) is 9.97 Å². The monoisotopic (exact) mass is 328 g/mol. The van der Waals surface area contributed by atoms with Crippen molar-refractivity contribution in [1.82, 2.24) is 30.0 Å². The molecule has 24 heavy (non-hydrogen) atoms. The second-order valence-electron chi connectivity index (χ2n) is 6.46. The van der Waals surface area contributed by atoms with Gasteiger partial charge < -0.3 is 5.32 Å². The molecule has 3 rings (SSSR count). The summed E-state index contributed by atoms with van der Waals surface area (Å²) in [7, 11) is 2.12. The zero-order chi connectivity index (χ0) is 17.1. The number of nitrogens with zero attached hydrogens (tertiary/aromatic N) is 5. The molecule has 1 N–H and O–H groups in total. The SMILES string of the molecule is Cc1cnn(CC(=O)NCc2cnc(C)nc2[C@H]2CCCN2C)c1. The van der Waals surface area contributed by atoms with E-state index in [4.69, 9.17) is 0 Å². The average Bonchev–Trinajstić information content (AvgIpc) is 3.14. The maximum atomic E-state index is 12.1. The summed E-state index contributed by atoms with van der Waals surface area (Å²) >= 11 is 0. The molecule has 2 aromatic rings. The van der Waals surface area contributed by atoms with E-state index in [1.165, 1.54) is 6.42 Å². The van der Waals surface area contributed by atoms with E-state index in [-0.39, 0.29) is 12.5 Å². The van der Waals surface area contributed by atoms with Crippen molar-refractivity contribution in [2.75, 3.05) is 13.6 Å². The fraction of sp³-hybridized carbons (Fsp3) is 0.529. The first-order valence-electron chi connectivity index (χ1n) is 8.31. The summed E-state index contributed by atoms with van der Waals surface area (Å²) in [6, 6.07) is 0.312. The van der Waals surface area contributed by atoms with Crippen LogP contribution in [0, 0.1) is 13.8 Å². The Morgan fingerprint density at radius 3 is 2.88 bits per heavy atom. The summed E-state index contributed by atoms with van der Waals surface area (Å²) in [5, 5.41) is 7.09. The lowest BCUT2D eigenvalue weighted by molar-refractivity contribution is -0.122. The second-order valence-corrected chi connectivity index (χ2v) is 6.46. The predicted molar refractivity (Wildman–Crippen MR) is 90.2 cm³/mol. The van der Waals surface area contributed by atoms with Gasteiger partial charge in [0.15, 0.2) is 0 Å². The highest BCUT2D eigenvalue weighted by atomic mass is 16.2. The first-order chi connectivity index (χ1) is 11.5. The fourth-order valence-electron chi connectivity index (χ4n) is 3.14. The molecule has 0 unspecified atom stereocenters. The van der Waals surface area contributed by atoms with E-state index in [1.54, 1.807) is 10.9 Å². The van der Waals surface area contributed by atoms with Crippen molar-refractivity contribution in [3.63, 3.8) is 0 Å². The Labute approximate surface area is 142 Å². The standard InChI is InChI=1S/C17H24N6O/c1-12-7-20-23(10-12)11-16(24)19-9-14-8-18-13(2)21-17(14)15-5-4-6-22(15)3/h7-8,10,15H,4-6,9,11H2,1-3H3,(H,19,24)/t15-/m1/s1. The highest BCUT2D eigenvalue weighted by Crippen LogP contribution is 2.30. The molecular weight excluding hydrogens is 304 g/mol. The molecule has 0 spiro atoms. The Balaban J connectivity index is 1.67. The summed E-state index contributed by atoms with van der Waals surface area (Å²) in [6.45, 7) is 5.60. The molecule has 1 aliphatic heterocycles. The Kier molecular flexibility index (Phi) is 4.89. The van der Waals surface area contributed by atoms with Crippen molar-refractivity contribution in [1.29, 1.82) is 0 Å². The molecule has 3 heterocycles. The normalized spacial score (nSPS) is 18.0. The number of carbonyl (C=O) groups excluding carboxylic acids is 1. The van der Waals surface area contributed by atoms with Gasteiger partial charge in [-0.2, -0.15) is 5.10 Å². The molecule has 0 bridgehead atoms. The molecule has 0 aliphatic carbocycles. The van der Waals surface area contributed by atoms with Crippen LogP contribution in [0.1, 0.15) is 41.5 Å². The molecule has 1 amide bonds. The van der Waals surface area contributed by atoms with Gasteiger partial charge in [0.1, 0.15) is 12.4 Å². The fourth-order valence-corrected chi connectivity index (χ4v) is 3.14. The van der Waals surface area contributed by atoms with Crippen molar-refractivity contribution in [3.05, 3.63) is 41.2 Å². The molecule has 7 nitrogen and oxygen atoms in total. The van der Waals surface area contributed by atoms with Gasteiger partial charge in [0.2, 0.25) is 5.91 Å². The molecule has 1 atom stereocenters. The number of hydrogen-bond donors (Lipinski definition) is 1. The highest BCUT2D eigenvalue weighted by molar-refractivity contribution is 5.75. The smallest absolute Gasteiger partial charge is 0.241 e. The number of aryl methyl sites for hydroxylation is 2. The summed E-state index contributed by atoms with van der Waals surface area (Å²) in [4.78, 5) is 23.4. The van der Waals surface area contributed by atoms with Gasteiger partial charge in [-0.1, -0.05) is 0 Å². The molecule has 7 heteroatoms. The van der Waals surface area contributed by atoms with Gasteiger partial charge in [0.05, 0.1) is 17.9 Å². The molecular formula is C17H24N6O. The highest BCUT2D eigenvalue weighted by Gasteiger charge is 2.26. The van der Waals surface area contributed by atoms with E-state index in [0.29, 0.717) is 12.6 Å². The molecule has 0 saturated carbocycles. The van der Waals surface area contributed by atoms with Crippen LogP contribution < -0.4 is 5.32 Å². The molecule has 1 saturated heterocycles. The molecule has 0 radical (unpaired) electrons. The van der Waals surface area contributed by atoms with Crippen LogP contribution in [-0.4, -0.2) is 44.1 Å². The molecule has 0 aromatic carbocycles. The van der Waals surface area contributed by atoms with Crippen LogP contribution in [0.5, 0.6) is 0 Å². The zero-order valence-corrected chi connectivity index (χ0v) is 14.5. The van der Waals surface area contributed by atoms with Crippen LogP contribution in [0.2, 0.25) is 0 Å². The van der Waals surface area contributed by atoms with Crippen LogP contribution >= 0.6 is 0 Å². The van der Waals surface area contributed by atoms with Crippen LogP contribution in [0.25, 0.3) is 0 Å². The summed E-state index contributed by atoms with van der Waals surface area (Å²) in [5.41, 5.74) is 3.07. The van der Waals surface area contributed by atoms with Gasteiger partial charge in [-0.05, 0) is 45.8 Å². The van der Waals surface area contributed by atoms with Gasteiger partial charge >= 0.3 is 0 Å². The quantitative estimate of drug-likeness (QED) is 0.897. The Morgan fingerprint density at radius 1 is 1.38 bits per heavy atom. The Hall–Kier alpha value is -2.28. The second kappa shape index (κ2) is 7.09. The first kappa shape index (κ1) is 16.6. The largest absolute Gasteiger partial charge is 0.350 e. The van der Waals surface area contributed by atoms with E-state index < -0.39 is 0 Å². The zero-order valence-electron chi connectivity index (χ0n) is 14.5. The molecule has 128 valence electrons.